The molecule has 0 fully saturated rings. The number of aryl methyl sites for hydroxylation is 2. The fourth-order valence-corrected chi connectivity index (χ4v) is 5.15. The molecule has 1 N–H and O–H groups in total. The number of carbonyl (C=O) groups excluding carboxylic acids is 1. The summed E-state index contributed by atoms with van der Waals surface area (Å²) in [6.07, 6.45) is 3.35. The summed E-state index contributed by atoms with van der Waals surface area (Å²) in [5.41, 5.74) is 2.15. The lowest BCUT2D eigenvalue weighted by Gasteiger charge is -2.30. The van der Waals surface area contributed by atoms with Crippen molar-refractivity contribution in [3.63, 3.8) is 0 Å². The van der Waals surface area contributed by atoms with E-state index < -0.39 is 21.8 Å². The van der Waals surface area contributed by atoms with Crippen LogP contribution in [0.5, 0.6) is 0 Å². The molecule has 10 heteroatoms. The number of halogens is 1. The molecule has 0 aliphatic carbocycles. The molecule has 3 heterocycles. The van der Waals surface area contributed by atoms with E-state index in [1.807, 2.05) is 6.07 Å². The molecule has 1 aliphatic rings. The molecule has 31 heavy (non-hydrogen) atoms. The minimum absolute atomic E-state index is 0.00798. The molecule has 0 bridgehead atoms. The maximum absolute atomic E-state index is 13.6. The summed E-state index contributed by atoms with van der Waals surface area (Å²) in [6, 6.07) is 9.09. The number of aromatic nitrogens is 3. The van der Waals surface area contributed by atoms with Gasteiger partial charge in [-0.2, -0.15) is 9.40 Å². The number of nitrogens with zero attached hydrogens (tertiary/aromatic N) is 4. The predicted molar refractivity (Wildman–Crippen MR) is 111 cm³/mol. The fraction of sp³-hybridized carbons (Fsp3) is 0.286. The average molecular weight is 444 g/mol. The number of carbonyl (C=O) groups is 1. The minimum Gasteiger partial charge on any atom is -0.350 e. The van der Waals surface area contributed by atoms with E-state index in [1.165, 1.54) is 23.4 Å². The van der Waals surface area contributed by atoms with Gasteiger partial charge in [0.2, 0.25) is 15.9 Å². The molecule has 8 nitrogen and oxygen atoms in total. The third-order valence-corrected chi connectivity index (χ3v) is 7.06. The summed E-state index contributed by atoms with van der Waals surface area (Å²) in [4.78, 5) is 17.2. The Morgan fingerprint density at radius 2 is 2.10 bits per heavy atom. The van der Waals surface area contributed by atoms with Crippen LogP contribution in [0, 0.1) is 12.7 Å². The lowest BCUT2D eigenvalue weighted by molar-refractivity contribution is -0.123. The summed E-state index contributed by atoms with van der Waals surface area (Å²) in [5.74, 6) is -1.58. The van der Waals surface area contributed by atoms with Crippen LogP contribution in [-0.4, -0.2) is 39.9 Å². The lowest BCUT2D eigenvalue weighted by atomic mass is 9.97. The molecule has 0 saturated heterocycles. The van der Waals surface area contributed by atoms with E-state index in [1.54, 1.807) is 36.3 Å². The number of hydrogen-bond acceptors (Lipinski definition) is 5. The molecular formula is C21H22FN5O3S. The van der Waals surface area contributed by atoms with Crippen LogP contribution in [0.1, 0.15) is 28.4 Å². The number of benzene rings is 1. The van der Waals surface area contributed by atoms with Gasteiger partial charge in [-0.3, -0.25) is 14.5 Å². The van der Waals surface area contributed by atoms with Crippen molar-refractivity contribution >= 4 is 15.9 Å². The molecule has 0 saturated carbocycles. The van der Waals surface area contributed by atoms with Crippen LogP contribution < -0.4 is 5.32 Å². The van der Waals surface area contributed by atoms with Crippen molar-refractivity contribution in [2.24, 2.45) is 7.05 Å². The highest BCUT2D eigenvalue weighted by atomic mass is 32.2. The standard InChI is InChI=1S/C21H22FN5O3S/c1-14-9-17(6-7-19(14)22)31(29,30)27-12-15-11-26(2)25-20(15)18(13-27)21(28)24-10-16-5-3-4-8-23-16/h3-9,11,18H,10,12-13H2,1-2H3,(H,24,28). The average Bonchev–Trinajstić information content (AvgIpc) is 3.14. The number of nitrogens with one attached hydrogen (secondary N) is 1. The Labute approximate surface area is 179 Å². The molecule has 1 amide bonds. The zero-order chi connectivity index (χ0) is 22.2. The quantitative estimate of drug-likeness (QED) is 0.649. The van der Waals surface area contributed by atoms with Crippen LogP contribution >= 0.6 is 0 Å². The summed E-state index contributed by atoms with van der Waals surface area (Å²) in [7, 11) is -2.21. The van der Waals surface area contributed by atoms with Crippen molar-refractivity contribution in [1.29, 1.82) is 0 Å². The third kappa shape index (κ3) is 4.21. The Morgan fingerprint density at radius 1 is 1.29 bits per heavy atom. The molecule has 1 atom stereocenters. The van der Waals surface area contributed by atoms with E-state index in [-0.39, 0.29) is 36.0 Å². The van der Waals surface area contributed by atoms with Gasteiger partial charge in [0, 0.05) is 38.1 Å². The highest BCUT2D eigenvalue weighted by Crippen LogP contribution is 2.31. The molecule has 0 spiro atoms. The van der Waals surface area contributed by atoms with Crippen molar-refractivity contribution in [2.75, 3.05) is 6.54 Å². The first-order chi connectivity index (χ1) is 14.8. The van der Waals surface area contributed by atoms with Gasteiger partial charge < -0.3 is 5.32 Å². The topological polar surface area (TPSA) is 97.2 Å². The molecule has 1 aromatic carbocycles. The number of amides is 1. The summed E-state index contributed by atoms with van der Waals surface area (Å²) in [6.45, 7) is 1.77. The van der Waals surface area contributed by atoms with Crippen LogP contribution in [-0.2, 0) is 35.0 Å². The maximum atomic E-state index is 13.6. The van der Waals surface area contributed by atoms with Crippen LogP contribution in [0.25, 0.3) is 0 Å². The Hall–Kier alpha value is -3.11. The molecule has 2 aromatic heterocycles. The molecular weight excluding hydrogens is 421 g/mol. The second kappa shape index (κ2) is 8.20. The molecule has 162 valence electrons. The zero-order valence-corrected chi connectivity index (χ0v) is 17.9. The molecule has 0 radical (unpaired) electrons. The van der Waals surface area contributed by atoms with E-state index in [4.69, 9.17) is 0 Å². The van der Waals surface area contributed by atoms with Gasteiger partial charge in [0.15, 0.2) is 0 Å². The van der Waals surface area contributed by atoms with Gasteiger partial charge in [-0.1, -0.05) is 6.07 Å². The van der Waals surface area contributed by atoms with Crippen molar-refractivity contribution in [2.45, 2.75) is 30.8 Å². The van der Waals surface area contributed by atoms with E-state index in [9.17, 15) is 17.6 Å². The SMILES string of the molecule is Cc1cc(S(=O)(=O)N2Cc3cn(C)nc3C(C(=O)NCc3ccccn3)C2)ccc1F. The molecule has 4 rings (SSSR count). The second-order valence-corrected chi connectivity index (χ2v) is 9.45. The van der Waals surface area contributed by atoms with Gasteiger partial charge in [-0.25, -0.2) is 12.8 Å². The fourth-order valence-electron chi connectivity index (χ4n) is 3.64. The van der Waals surface area contributed by atoms with Crippen LogP contribution in [0.3, 0.4) is 0 Å². The monoisotopic (exact) mass is 443 g/mol. The minimum atomic E-state index is -3.93. The Morgan fingerprint density at radius 3 is 2.81 bits per heavy atom. The molecule has 1 aliphatic heterocycles. The van der Waals surface area contributed by atoms with Crippen LogP contribution in [0.4, 0.5) is 4.39 Å². The van der Waals surface area contributed by atoms with E-state index in [2.05, 4.69) is 15.4 Å². The smallest absolute Gasteiger partial charge is 0.243 e. The van der Waals surface area contributed by atoms with Gasteiger partial charge in [0.1, 0.15) is 5.82 Å². The van der Waals surface area contributed by atoms with Crippen LogP contribution in [0.2, 0.25) is 0 Å². The number of sulfonamides is 1. The second-order valence-electron chi connectivity index (χ2n) is 7.51. The van der Waals surface area contributed by atoms with Gasteiger partial charge in [0.05, 0.1) is 28.7 Å². The number of hydrogen-bond donors (Lipinski definition) is 1. The van der Waals surface area contributed by atoms with Crippen molar-refractivity contribution < 1.29 is 17.6 Å². The first-order valence-electron chi connectivity index (χ1n) is 9.72. The first kappa shape index (κ1) is 21.1. The molecule has 1 unspecified atom stereocenters. The van der Waals surface area contributed by atoms with Gasteiger partial charge in [-0.05, 0) is 42.8 Å². The van der Waals surface area contributed by atoms with Crippen molar-refractivity contribution in [3.05, 3.63) is 77.1 Å². The first-order valence-corrected chi connectivity index (χ1v) is 11.2. The summed E-state index contributed by atoms with van der Waals surface area (Å²) < 4.78 is 43.0. The number of rotatable bonds is 5. The summed E-state index contributed by atoms with van der Waals surface area (Å²) >= 11 is 0. The Kier molecular flexibility index (Phi) is 5.59. The van der Waals surface area contributed by atoms with Gasteiger partial charge >= 0.3 is 0 Å². The zero-order valence-electron chi connectivity index (χ0n) is 17.1. The Bertz CT molecular complexity index is 1230. The van der Waals surface area contributed by atoms with Crippen LogP contribution in [0.15, 0.2) is 53.7 Å². The molecule has 3 aromatic rings. The van der Waals surface area contributed by atoms with E-state index in [0.29, 0.717) is 17.0 Å². The van der Waals surface area contributed by atoms with Gasteiger partial charge in [0.25, 0.3) is 0 Å². The normalized spacial score (nSPS) is 16.7. The lowest BCUT2D eigenvalue weighted by Crippen LogP contribution is -2.43. The highest BCUT2D eigenvalue weighted by Gasteiger charge is 2.38. The number of pyridine rings is 1. The van der Waals surface area contributed by atoms with Crippen molar-refractivity contribution in [3.8, 4) is 0 Å². The van der Waals surface area contributed by atoms with Crippen molar-refractivity contribution in [1.82, 2.24) is 24.4 Å². The predicted octanol–water partition coefficient (Wildman–Crippen LogP) is 1.87. The third-order valence-electron chi connectivity index (χ3n) is 5.25. The Balaban J connectivity index is 1.62. The van der Waals surface area contributed by atoms with E-state index >= 15 is 0 Å². The number of fused-ring (bicyclic) bond motifs is 1. The summed E-state index contributed by atoms with van der Waals surface area (Å²) in [5, 5.41) is 7.22. The van der Waals surface area contributed by atoms with E-state index in [0.717, 1.165) is 6.07 Å². The van der Waals surface area contributed by atoms with Gasteiger partial charge in [-0.15, -0.1) is 0 Å². The highest BCUT2D eigenvalue weighted by molar-refractivity contribution is 7.89. The maximum Gasteiger partial charge on any atom is 0.243 e. The largest absolute Gasteiger partial charge is 0.350 e.